The monoisotopic (exact) mass is 268 g/mol. The summed E-state index contributed by atoms with van der Waals surface area (Å²) >= 11 is 0. The molecule has 0 aliphatic heterocycles. The molecule has 0 saturated heterocycles. The summed E-state index contributed by atoms with van der Waals surface area (Å²) in [5.41, 5.74) is 0. The molecule has 0 spiro atoms. The summed E-state index contributed by atoms with van der Waals surface area (Å²) in [4.78, 5) is 37.5. The highest BCUT2D eigenvalue weighted by Gasteiger charge is 2.50. The molecule has 7 nitrogen and oxygen atoms in total. The Balaban J connectivity index is 0. The Morgan fingerprint density at radius 2 is 1.53 bits per heavy atom. The van der Waals surface area contributed by atoms with Gasteiger partial charge < -0.3 is 20.0 Å². The van der Waals surface area contributed by atoms with Gasteiger partial charge in [0.1, 0.15) is 0 Å². The lowest BCUT2D eigenvalue weighted by molar-refractivity contribution is -0.141. The van der Waals surface area contributed by atoms with Crippen LogP contribution in [0.4, 0.5) is 0 Å². The van der Waals surface area contributed by atoms with Crippen LogP contribution in [-0.4, -0.2) is 37.1 Å². The van der Waals surface area contributed by atoms with Crippen molar-refractivity contribution in [3.05, 3.63) is 12.7 Å². The minimum absolute atomic E-state index is 0.0664. The van der Waals surface area contributed by atoms with Crippen LogP contribution in [0.2, 0.25) is 0 Å². The summed E-state index contributed by atoms with van der Waals surface area (Å²) in [6, 6.07) is 0. The van der Waals surface area contributed by atoms with Gasteiger partial charge in [-0.15, -0.1) is 0 Å². The first-order valence-electron chi connectivity index (χ1n) is 4.73. The lowest BCUT2D eigenvalue weighted by atomic mass is 10.0. The maximum absolute atomic E-state index is 10.9. The first-order valence-corrected chi connectivity index (χ1v) is 6.34. The molecule has 0 bridgehead atoms. The Hall–Kier alpha value is -1.17. The summed E-state index contributed by atoms with van der Waals surface area (Å²) in [6.07, 6.45) is 0.701. The Morgan fingerprint density at radius 1 is 1.24 bits per heavy atom. The fourth-order valence-corrected chi connectivity index (χ4v) is 2.16. The maximum Gasteiger partial charge on any atom is 0.342 e. The van der Waals surface area contributed by atoms with Crippen molar-refractivity contribution < 1.29 is 34.2 Å². The second-order valence-corrected chi connectivity index (χ2v) is 5.07. The lowest BCUT2D eigenvalue weighted by Gasteiger charge is -2.26. The second kappa shape index (κ2) is 7.21. The molecule has 0 heterocycles. The summed E-state index contributed by atoms with van der Waals surface area (Å²) < 4.78 is 10.9. The standard InChI is InChI=1S/C6H13O5P.C3H4O2/c1-3-6(4-2,5(7)8)12(9,10)11;1-2-3(4)5/h3-4H2,1-2H3,(H,7,8)(H2,9,10,11);2H,1H2,(H,4,5). The fourth-order valence-electron chi connectivity index (χ4n) is 1.09. The van der Waals surface area contributed by atoms with Crippen LogP contribution in [0.1, 0.15) is 26.7 Å². The molecule has 0 unspecified atom stereocenters. The van der Waals surface area contributed by atoms with E-state index in [1.807, 2.05) is 0 Å². The zero-order valence-corrected chi connectivity index (χ0v) is 10.6. The molecule has 0 aliphatic carbocycles. The number of hydrogen-bond donors (Lipinski definition) is 4. The van der Waals surface area contributed by atoms with E-state index in [2.05, 4.69) is 6.58 Å². The molecule has 100 valence electrons. The highest BCUT2D eigenvalue weighted by molar-refractivity contribution is 7.54. The van der Waals surface area contributed by atoms with Crippen LogP contribution in [0.3, 0.4) is 0 Å². The van der Waals surface area contributed by atoms with Gasteiger partial charge in [0.15, 0.2) is 5.16 Å². The van der Waals surface area contributed by atoms with Crippen molar-refractivity contribution in [2.45, 2.75) is 31.8 Å². The average Bonchev–Trinajstić information content (AvgIpc) is 2.18. The quantitative estimate of drug-likeness (QED) is 0.433. The van der Waals surface area contributed by atoms with Crippen LogP contribution in [0.15, 0.2) is 12.7 Å². The van der Waals surface area contributed by atoms with E-state index in [4.69, 9.17) is 20.0 Å². The molecule has 0 fully saturated rings. The predicted octanol–water partition coefficient (Wildman–Crippen LogP) is 1.06. The number of carbonyl (C=O) groups is 2. The summed E-state index contributed by atoms with van der Waals surface area (Å²) in [6.45, 7) is 5.87. The minimum atomic E-state index is -4.56. The molecule has 0 rings (SSSR count). The minimum Gasteiger partial charge on any atom is -0.480 e. The topological polar surface area (TPSA) is 132 Å². The van der Waals surface area contributed by atoms with Gasteiger partial charge in [-0.3, -0.25) is 9.36 Å². The highest BCUT2D eigenvalue weighted by Crippen LogP contribution is 2.54. The van der Waals surface area contributed by atoms with Gasteiger partial charge >= 0.3 is 19.5 Å². The van der Waals surface area contributed by atoms with Crippen molar-refractivity contribution >= 4 is 19.5 Å². The summed E-state index contributed by atoms with van der Waals surface area (Å²) in [7, 11) is -4.56. The number of aliphatic carboxylic acids is 2. The van der Waals surface area contributed by atoms with Crippen molar-refractivity contribution in [3.8, 4) is 0 Å². The summed E-state index contributed by atoms with van der Waals surface area (Å²) in [5.74, 6) is -2.41. The molecule has 0 radical (unpaired) electrons. The van der Waals surface area contributed by atoms with E-state index in [1.54, 1.807) is 0 Å². The van der Waals surface area contributed by atoms with Gasteiger partial charge in [0, 0.05) is 6.08 Å². The van der Waals surface area contributed by atoms with Gasteiger partial charge in [-0.2, -0.15) is 0 Å². The zero-order valence-electron chi connectivity index (χ0n) is 9.66. The van der Waals surface area contributed by atoms with E-state index in [9.17, 15) is 14.2 Å². The lowest BCUT2D eigenvalue weighted by Crippen LogP contribution is -2.36. The van der Waals surface area contributed by atoms with Crippen molar-refractivity contribution in [1.29, 1.82) is 0 Å². The molecule has 0 aromatic heterocycles. The molecule has 0 atom stereocenters. The van der Waals surface area contributed by atoms with Gasteiger partial charge in [0.25, 0.3) is 0 Å². The molecule has 0 amide bonds. The van der Waals surface area contributed by atoms with Gasteiger partial charge in [-0.25, -0.2) is 4.79 Å². The fraction of sp³-hybridized carbons (Fsp3) is 0.556. The van der Waals surface area contributed by atoms with Gasteiger partial charge in [0.2, 0.25) is 0 Å². The SMILES string of the molecule is C=CC(=O)O.CCC(CC)(C(=O)O)P(=O)(O)O. The Bertz CT molecular complexity index is 326. The number of carboxylic acid groups (broad SMARTS) is 2. The largest absolute Gasteiger partial charge is 0.480 e. The van der Waals surface area contributed by atoms with Crippen LogP contribution in [0.25, 0.3) is 0 Å². The maximum atomic E-state index is 10.9. The van der Waals surface area contributed by atoms with E-state index in [0.717, 1.165) is 6.08 Å². The van der Waals surface area contributed by atoms with E-state index in [0.29, 0.717) is 0 Å². The van der Waals surface area contributed by atoms with Crippen molar-refractivity contribution in [1.82, 2.24) is 0 Å². The van der Waals surface area contributed by atoms with Crippen LogP contribution in [0.5, 0.6) is 0 Å². The number of carboxylic acids is 2. The molecule has 8 heteroatoms. The first kappa shape index (κ1) is 18.2. The zero-order chi connectivity index (χ0) is 14.3. The average molecular weight is 268 g/mol. The van der Waals surface area contributed by atoms with E-state index >= 15 is 0 Å². The van der Waals surface area contributed by atoms with Crippen LogP contribution < -0.4 is 0 Å². The van der Waals surface area contributed by atoms with Gasteiger partial charge in [-0.1, -0.05) is 20.4 Å². The normalized spacial score (nSPS) is 11.1. The number of rotatable bonds is 5. The van der Waals surface area contributed by atoms with Gasteiger partial charge in [-0.05, 0) is 12.8 Å². The van der Waals surface area contributed by atoms with Crippen LogP contribution >= 0.6 is 7.60 Å². The van der Waals surface area contributed by atoms with Crippen LogP contribution in [0, 0.1) is 0 Å². The predicted molar refractivity (Wildman–Crippen MR) is 60.8 cm³/mol. The Morgan fingerprint density at radius 3 is 1.53 bits per heavy atom. The molecule has 17 heavy (non-hydrogen) atoms. The molecular formula is C9H17O7P. The third kappa shape index (κ3) is 5.12. The smallest absolute Gasteiger partial charge is 0.342 e. The second-order valence-electron chi connectivity index (χ2n) is 3.13. The molecule has 4 N–H and O–H groups in total. The Kier molecular flexibility index (Phi) is 7.72. The van der Waals surface area contributed by atoms with Crippen LogP contribution in [-0.2, 0) is 14.2 Å². The molecule has 0 aliphatic rings. The molecule has 0 saturated carbocycles. The van der Waals surface area contributed by atoms with E-state index < -0.39 is 24.7 Å². The molecule has 0 aromatic carbocycles. The first-order chi connectivity index (χ1) is 7.58. The molecular weight excluding hydrogens is 251 g/mol. The van der Waals surface area contributed by atoms with E-state index in [1.165, 1.54) is 13.8 Å². The van der Waals surface area contributed by atoms with E-state index in [-0.39, 0.29) is 12.8 Å². The number of hydrogen-bond acceptors (Lipinski definition) is 3. The van der Waals surface area contributed by atoms with Crippen molar-refractivity contribution in [2.75, 3.05) is 0 Å². The van der Waals surface area contributed by atoms with Crippen molar-refractivity contribution in [3.63, 3.8) is 0 Å². The Labute approximate surface area is 98.9 Å². The summed E-state index contributed by atoms with van der Waals surface area (Å²) in [5, 5.41) is 14.4. The molecule has 0 aromatic rings. The van der Waals surface area contributed by atoms with Gasteiger partial charge in [0.05, 0.1) is 0 Å². The third-order valence-corrected chi connectivity index (χ3v) is 4.24. The highest BCUT2D eigenvalue weighted by atomic mass is 31.2. The van der Waals surface area contributed by atoms with Crippen molar-refractivity contribution in [2.24, 2.45) is 0 Å². The third-order valence-electron chi connectivity index (χ3n) is 2.30.